The summed E-state index contributed by atoms with van der Waals surface area (Å²) in [4.78, 5) is 12.4. The van der Waals surface area contributed by atoms with E-state index in [1.54, 1.807) is 0 Å². The van der Waals surface area contributed by atoms with Crippen LogP contribution >= 0.6 is 0 Å². The molecular formula is C12H10F5NO. The molecule has 104 valence electrons. The van der Waals surface area contributed by atoms with E-state index in [2.05, 4.69) is 0 Å². The Balaban J connectivity index is 2.55. The average molecular weight is 280 g/mol. The summed E-state index contributed by atoms with van der Waals surface area (Å²) in [5, 5.41) is 0. The summed E-state index contributed by atoms with van der Waals surface area (Å²) in [6, 6.07) is -1.41. The molecule has 2 unspecified atom stereocenters. The minimum atomic E-state index is -2.24. The van der Waals surface area contributed by atoms with Crippen molar-refractivity contribution >= 4 is 5.91 Å². The number of carbonyl (C=O) groups is 1. The van der Waals surface area contributed by atoms with E-state index in [4.69, 9.17) is 1.37 Å². The fourth-order valence-electron chi connectivity index (χ4n) is 2.06. The van der Waals surface area contributed by atoms with E-state index in [-0.39, 0.29) is 12.8 Å². The summed E-state index contributed by atoms with van der Waals surface area (Å²) in [5.74, 6) is -10.9. The van der Waals surface area contributed by atoms with Crippen LogP contribution in [0, 0.1) is 29.1 Å². The Labute approximate surface area is 107 Å². The van der Waals surface area contributed by atoms with Crippen LogP contribution in [0.3, 0.4) is 0 Å². The lowest BCUT2D eigenvalue weighted by Gasteiger charge is -2.25. The number of rotatable bonds is 2. The van der Waals surface area contributed by atoms with Crippen molar-refractivity contribution in [3.8, 4) is 0 Å². The third-order valence-electron chi connectivity index (χ3n) is 3.05. The fraction of sp³-hybridized carbons (Fsp3) is 0.417. The van der Waals surface area contributed by atoms with Crippen molar-refractivity contribution in [3.63, 3.8) is 0 Å². The Hall–Kier alpha value is -1.66. The normalized spacial score (nSPS) is 21.8. The first-order valence-corrected chi connectivity index (χ1v) is 5.52. The van der Waals surface area contributed by atoms with Gasteiger partial charge in [-0.15, -0.1) is 0 Å². The van der Waals surface area contributed by atoms with E-state index in [1.165, 1.54) is 0 Å². The average Bonchev–Trinajstić information content (AvgIpc) is 2.73. The molecule has 1 aliphatic rings. The van der Waals surface area contributed by atoms with Gasteiger partial charge in [0, 0.05) is 14.3 Å². The number of amides is 1. The molecule has 0 spiro atoms. The summed E-state index contributed by atoms with van der Waals surface area (Å²) in [6.45, 7) is 0.0655. The van der Waals surface area contributed by atoms with Crippen molar-refractivity contribution in [1.29, 1.82) is 0 Å². The lowest BCUT2D eigenvalue weighted by atomic mass is 10.0. The van der Waals surface area contributed by atoms with Gasteiger partial charge < -0.3 is 4.90 Å². The van der Waals surface area contributed by atoms with Gasteiger partial charge in [0.15, 0.2) is 23.3 Å². The monoisotopic (exact) mass is 280 g/mol. The predicted molar refractivity (Wildman–Crippen MR) is 55.6 cm³/mol. The molecule has 2 rings (SSSR count). The molecule has 1 fully saturated rings. The highest BCUT2D eigenvalue weighted by atomic mass is 19.2. The summed E-state index contributed by atoms with van der Waals surface area (Å²) in [5.41, 5.74) is -1.09. The molecule has 1 heterocycles. The molecule has 1 aromatic rings. The molecule has 0 radical (unpaired) electrons. The van der Waals surface area contributed by atoms with E-state index in [9.17, 15) is 26.7 Å². The lowest BCUT2D eigenvalue weighted by molar-refractivity contribution is -0.129. The van der Waals surface area contributed by atoms with Crippen LogP contribution in [0.4, 0.5) is 22.0 Å². The standard InChI is InChI=1S/C12H10F5NO/c1-5(18-4-2-3-6(18)19)7-8(13)10(15)12(17)11(16)9(7)14/h5H,2-4H2,1H3/i4D. The van der Waals surface area contributed by atoms with E-state index >= 15 is 0 Å². The van der Waals surface area contributed by atoms with Crippen molar-refractivity contribution < 1.29 is 28.1 Å². The Morgan fingerprint density at radius 2 is 1.53 bits per heavy atom. The maximum Gasteiger partial charge on any atom is 0.223 e. The van der Waals surface area contributed by atoms with Crippen LogP contribution in [0.5, 0.6) is 0 Å². The number of benzene rings is 1. The maximum absolute atomic E-state index is 13.6. The van der Waals surface area contributed by atoms with Gasteiger partial charge in [-0.1, -0.05) is 0 Å². The van der Waals surface area contributed by atoms with Crippen molar-refractivity contribution in [2.45, 2.75) is 25.8 Å². The Kier molecular flexibility index (Phi) is 3.12. The van der Waals surface area contributed by atoms with E-state index in [1.807, 2.05) is 0 Å². The van der Waals surface area contributed by atoms with Crippen molar-refractivity contribution in [1.82, 2.24) is 4.90 Å². The number of hydrogen-bond donors (Lipinski definition) is 0. The van der Waals surface area contributed by atoms with Crippen LogP contribution < -0.4 is 0 Å². The molecule has 0 bridgehead atoms. The van der Waals surface area contributed by atoms with Crippen LogP contribution in [0.2, 0.25) is 0 Å². The molecule has 1 aliphatic heterocycles. The second kappa shape index (κ2) is 4.79. The van der Waals surface area contributed by atoms with E-state index in [0.717, 1.165) is 11.8 Å². The van der Waals surface area contributed by atoms with Gasteiger partial charge in [0.25, 0.3) is 0 Å². The van der Waals surface area contributed by atoms with Crippen molar-refractivity contribution in [2.75, 3.05) is 6.52 Å². The Morgan fingerprint density at radius 3 is 1.95 bits per heavy atom. The zero-order chi connectivity index (χ0) is 15.2. The quantitative estimate of drug-likeness (QED) is 0.463. The zero-order valence-electron chi connectivity index (χ0n) is 10.8. The topological polar surface area (TPSA) is 20.3 Å². The van der Waals surface area contributed by atoms with E-state index < -0.39 is 53.1 Å². The molecule has 0 saturated carbocycles. The molecule has 0 N–H and O–H groups in total. The maximum atomic E-state index is 13.6. The summed E-state index contributed by atoms with van der Waals surface area (Å²) < 4.78 is 74.1. The highest BCUT2D eigenvalue weighted by Gasteiger charge is 2.34. The number of likely N-dealkylation sites (tertiary alicyclic amines) is 1. The molecule has 0 aromatic heterocycles. The van der Waals surface area contributed by atoms with Crippen LogP contribution in [-0.2, 0) is 4.79 Å². The first-order valence-electron chi connectivity index (χ1n) is 6.09. The van der Waals surface area contributed by atoms with Crippen LogP contribution in [0.1, 0.15) is 32.7 Å². The summed E-state index contributed by atoms with van der Waals surface area (Å²) in [6.07, 6.45) is 0.159. The third kappa shape index (κ3) is 2.06. The first kappa shape index (κ1) is 12.4. The van der Waals surface area contributed by atoms with Crippen LogP contribution in [-0.4, -0.2) is 17.3 Å². The van der Waals surface area contributed by atoms with Crippen molar-refractivity contribution in [3.05, 3.63) is 34.6 Å². The largest absolute Gasteiger partial charge is 0.336 e. The second-order valence-electron chi connectivity index (χ2n) is 4.18. The lowest BCUT2D eigenvalue weighted by Crippen LogP contribution is -2.30. The molecule has 19 heavy (non-hydrogen) atoms. The minimum Gasteiger partial charge on any atom is -0.336 e. The molecule has 2 atom stereocenters. The molecule has 2 nitrogen and oxygen atoms in total. The number of nitrogens with zero attached hydrogens (tertiary/aromatic N) is 1. The van der Waals surface area contributed by atoms with Gasteiger partial charge >= 0.3 is 0 Å². The molecule has 7 heteroatoms. The molecule has 1 saturated heterocycles. The smallest absolute Gasteiger partial charge is 0.223 e. The highest BCUT2D eigenvalue weighted by Crippen LogP contribution is 2.32. The molecule has 1 amide bonds. The highest BCUT2D eigenvalue weighted by molar-refractivity contribution is 5.78. The Bertz CT molecular complexity index is 550. The van der Waals surface area contributed by atoms with E-state index in [0.29, 0.717) is 0 Å². The second-order valence-corrected chi connectivity index (χ2v) is 4.18. The van der Waals surface area contributed by atoms with Gasteiger partial charge in [0.05, 0.1) is 11.6 Å². The zero-order valence-corrected chi connectivity index (χ0v) is 9.81. The molecule has 0 aliphatic carbocycles. The van der Waals surface area contributed by atoms with Gasteiger partial charge in [0.1, 0.15) is 0 Å². The number of hydrogen-bond acceptors (Lipinski definition) is 1. The molecule has 1 aromatic carbocycles. The first-order chi connectivity index (χ1) is 9.27. The van der Waals surface area contributed by atoms with Gasteiger partial charge in [-0.2, -0.15) is 0 Å². The van der Waals surface area contributed by atoms with Crippen LogP contribution in [0.25, 0.3) is 0 Å². The van der Waals surface area contributed by atoms with Crippen molar-refractivity contribution in [2.24, 2.45) is 0 Å². The fourth-order valence-corrected chi connectivity index (χ4v) is 2.06. The van der Waals surface area contributed by atoms with Gasteiger partial charge in [-0.25, -0.2) is 22.0 Å². The van der Waals surface area contributed by atoms with Gasteiger partial charge in [-0.05, 0) is 13.3 Å². The Morgan fingerprint density at radius 1 is 1.05 bits per heavy atom. The van der Waals surface area contributed by atoms with Crippen LogP contribution in [0.15, 0.2) is 0 Å². The van der Waals surface area contributed by atoms with Gasteiger partial charge in [-0.3, -0.25) is 4.79 Å². The number of carbonyl (C=O) groups excluding carboxylic acids is 1. The minimum absolute atomic E-state index is 0.00784. The summed E-state index contributed by atoms with van der Waals surface area (Å²) in [7, 11) is 0. The molecular weight excluding hydrogens is 269 g/mol. The number of halogens is 5. The third-order valence-corrected chi connectivity index (χ3v) is 3.05. The van der Waals surface area contributed by atoms with Gasteiger partial charge in [0.2, 0.25) is 11.7 Å². The SMILES string of the molecule is [2H]C1CCC(=O)N1C(C)c1c(F)c(F)c(F)c(F)c1F. The predicted octanol–water partition coefficient (Wildman–Crippen LogP) is 3.07. The summed E-state index contributed by atoms with van der Waals surface area (Å²) >= 11 is 0.